The minimum absolute atomic E-state index is 0.0407. The second kappa shape index (κ2) is 9.07. The first-order chi connectivity index (χ1) is 16.5. The Bertz CT molecular complexity index is 1310. The van der Waals surface area contributed by atoms with Crippen molar-refractivity contribution in [3.63, 3.8) is 0 Å². The minimum Gasteiger partial charge on any atom is -0.479 e. The van der Waals surface area contributed by atoms with Crippen molar-refractivity contribution in [2.24, 2.45) is 7.05 Å². The zero-order chi connectivity index (χ0) is 25.5. The SMILES string of the molecule is COc1n[nH]c2ncc(N3CC[C@@H](N(C)C(=O)Nc4cc(C(F)(F)F)cn(C)c4=O)[C@@H](F)C3)cc12. The first kappa shape index (κ1) is 24.3. The van der Waals surface area contributed by atoms with E-state index >= 15 is 4.39 Å². The summed E-state index contributed by atoms with van der Waals surface area (Å²) >= 11 is 0. The summed E-state index contributed by atoms with van der Waals surface area (Å²) in [4.78, 5) is 32.0. The fraction of sp³-hybridized carbons (Fsp3) is 0.429. The lowest BCUT2D eigenvalue weighted by atomic mass is 10.0. The zero-order valence-corrected chi connectivity index (χ0v) is 19.1. The Morgan fingerprint density at radius 3 is 2.74 bits per heavy atom. The van der Waals surface area contributed by atoms with Crippen LogP contribution in [0.25, 0.3) is 11.0 Å². The van der Waals surface area contributed by atoms with Gasteiger partial charge in [0.1, 0.15) is 11.9 Å². The summed E-state index contributed by atoms with van der Waals surface area (Å²) in [7, 11) is 3.96. The van der Waals surface area contributed by atoms with Crippen LogP contribution < -0.4 is 20.5 Å². The van der Waals surface area contributed by atoms with E-state index in [0.717, 1.165) is 16.5 Å². The number of halogens is 4. The van der Waals surface area contributed by atoms with E-state index in [0.29, 0.717) is 41.4 Å². The van der Waals surface area contributed by atoms with Crippen molar-refractivity contribution in [2.45, 2.75) is 24.8 Å². The van der Waals surface area contributed by atoms with Gasteiger partial charge in [0, 0.05) is 26.8 Å². The number of aryl methyl sites for hydroxylation is 1. The van der Waals surface area contributed by atoms with Crippen LogP contribution in [0.15, 0.2) is 29.3 Å². The largest absolute Gasteiger partial charge is 0.479 e. The molecule has 188 valence electrons. The molecule has 3 aromatic heterocycles. The van der Waals surface area contributed by atoms with Crippen LogP contribution in [0, 0.1) is 0 Å². The molecule has 0 unspecified atom stereocenters. The summed E-state index contributed by atoms with van der Waals surface area (Å²) in [5.41, 5.74) is -1.27. The molecule has 4 rings (SSSR count). The van der Waals surface area contributed by atoms with Crippen LogP contribution >= 0.6 is 0 Å². The highest BCUT2D eigenvalue weighted by atomic mass is 19.4. The third-order valence-electron chi connectivity index (χ3n) is 6.00. The van der Waals surface area contributed by atoms with Gasteiger partial charge in [0.25, 0.3) is 5.56 Å². The third kappa shape index (κ3) is 4.72. The molecule has 0 saturated carbocycles. The Balaban J connectivity index is 1.46. The Kier molecular flexibility index (Phi) is 6.30. The molecule has 1 aliphatic rings. The van der Waals surface area contributed by atoms with Gasteiger partial charge in [0.2, 0.25) is 5.88 Å². The molecular formula is C21H23F4N7O3. The number of methoxy groups -OCH3 is 1. The molecule has 1 aliphatic heterocycles. The number of carbonyl (C=O) groups is 1. The van der Waals surface area contributed by atoms with Crippen molar-refractivity contribution in [1.82, 2.24) is 24.6 Å². The fourth-order valence-electron chi connectivity index (χ4n) is 4.07. The van der Waals surface area contributed by atoms with Crippen LogP contribution in [0.2, 0.25) is 0 Å². The maximum absolute atomic E-state index is 15.2. The number of nitrogens with zero attached hydrogens (tertiary/aromatic N) is 5. The summed E-state index contributed by atoms with van der Waals surface area (Å²) in [6.45, 7) is 0.350. The number of H-pyrrole nitrogens is 1. The summed E-state index contributed by atoms with van der Waals surface area (Å²) in [5, 5.41) is 9.56. The average molecular weight is 497 g/mol. The summed E-state index contributed by atoms with van der Waals surface area (Å²) in [6.07, 6.45) is -3.71. The number of aromatic nitrogens is 4. The Morgan fingerprint density at radius 2 is 2.09 bits per heavy atom. The molecule has 3 aromatic rings. The van der Waals surface area contributed by atoms with Crippen LogP contribution in [0.1, 0.15) is 12.0 Å². The number of piperidine rings is 1. The Hall–Kier alpha value is -3.84. The number of urea groups is 1. The van der Waals surface area contributed by atoms with E-state index in [1.807, 2.05) is 0 Å². The molecule has 0 bridgehead atoms. The van der Waals surface area contributed by atoms with Crippen molar-refractivity contribution < 1.29 is 27.1 Å². The number of ether oxygens (including phenoxy) is 1. The second-order valence-corrected chi connectivity index (χ2v) is 8.24. The number of anilines is 2. The Labute approximate surface area is 196 Å². The number of rotatable bonds is 4. The lowest BCUT2D eigenvalue weighted by Crippen LogP contribution is -2.54. The van der Waals surface area contributed by atoms with E-state index in [1.165, 1.54) is 14.2 Å². The molecule has 2 atom stereocenters. The van der Waals surface area contributed by atoms with Gasteiger partial charge >= 0.3 is 12.2 Å². The van der Waals surface area contributed by atoms with Crippen molar-refractivity contribution >= 4 is 28.4 Å². The average Bonchev–Trinajstić information content (AvgIpc) is 3.23. The van der Waals surface area contributed by atoms with Gasteiger partial charge in [-0.3, -0.25) is 9.89 Å². The molecule has 4 heterocycles. The topological polar surface area (TPSA) is 108 Å². The number of alkyl halides is 4. The number of fused-ring (bicyclic) bond motifs is 1. The quantitative estimate of drug-likeness (QED) is 0.537. The molecule has 1 saturated heterocycles. The molecule has 2 N–H and O–H groups in total. The van der Waals surface area contributed by atoms with Gasteiger partial charge in [-0.25, -0.2) is 14.2 Å². The second-order valence-electron chi connectivity index (χ2n) is 8.24. The highest BCUT2D eigenvalue weighted by Crippen LogP contribution is 2.31. The molecule has 0 aliphatic carbocycles. The normalized spacial score (nSPS) is 18.5. The number of amides is 2. The smallest absolute Gasteiger partial charge is 0.417 e. The zero-order valence-electron chi connectivity index (χ0n) is 19.1. The predicted molar refractivity (Wildman–Crippen MR) is 119 cm³/mol. The molecule has 0 aromatic carbocycles. The molecule has 0 radical (unpaired) electrons. The van der Waals surface area contributed by atoms with Gasteiger partial charge in [-0.2, -0.15) is 13.2 Å². The summed E-state index contributed by atoms with van der Waals surface area (Å²) in [6, 6.07) is 0.615. The van der Waals surface area contributed by atoms with Crippen molar-refractivity contribution in [3.05, 3.63) is 40.4 Å². The molecule has 35 heavy (non-hydrogen) atoms. The standard InChI is InChI=1S/C21H23F4N7O3/c1-30-9-11(21(23,24)25)6-15(19(30)33)27-20(34)31(2)16-4-5-32(10-14(16)22)12-7-13-17(26-8-12)28-29-18(13)35-3/h6-9,14,16H,4-5,10H2,1-3H3,(H,27,34)(H,26,28,29)/t14-,16+/m0/s1. The molecule has 10 nitrogen and oxygen atoms in total. The Morgan fingerprint density at radius 1 is 1.34 bits per heavy atom. The summed E-state index contributed by atoms with van der Waals surface area (Å²) < 4.78 is 60.4. The van der Waals surface area contributed by atoms with E-state index in [1.54, 1.807) is 17.2 Å². The number of hydrogen-bond acceptors (Lipinski definition) is 6. The molecule has 0 spiro atoms. The van der Waals surface area contributed by atoms with E-state index in [-0.39, 0.29) is 13.0 Å². The number of aromatic amines is 1. The van der Waals surface area contributed by atoms with Gasteiger partial charge in [-0.15, -0.1) is 5.10 Å². The van der Waals surface area contributed by atoms with Gasteiger partial charge in [-0.05, 0) is 18.6 Å². The number of carbonyl (C=O) groups excluding carboxylic acids is 1. The first-order valence-corrected chi connectivity index (χ1v) is 10.6. The van der Waals surface area contributed by atoms with Gasteiger partial charge < -0.3 is 24.4 Å². The van der Waals surface area contributed by atoms with Crippen LogP contribution in [0.3, 0.4) is 0 Å². The third-order valence-corrected chi connectivity index (χ3v) is 6.00. The molecule has 2 amide bonds. The van der Waals surface area contributed by atoms with Crippen LogP contribution in [0.5, 0.6) is 5.88 Å². The van der Waals surface area contributed by atoms with E-state index in [2.05, 4.69) is 20.5 Å². The summed E-state index contributed by atoms with van der Waals surface area (Å²) in [5.74, 6) is 0.359. The number of nitrogens with one attached hydrogen (secondary N) is 2. The number of pyridine rings is 2. The van der Waals surface area contributed by atoms with E-state index < -0.39 is 41.2 Å². The van der Waals surface area contributed by atoms with Crippen LogP contribution in [-0.4, -0.2) is 70.1 Å². The monoisotopic (exact) mass is 497 g/mol. The highest BCUT2D eigenvalue weighted by molar-refractivity contribution is 5.89. The maximum atomic E-state index is 15.2. The van der Waals surface area contributed by atoms with Gasteiger partial charge in [-0.1, -0.05) is 0 Å². The van der Waals surface area contributed by atoms with Crippen molar-refractivity contribution in [1.29, 1.82) is 0 Å². The van der Waals surface area contributed by atoms with Crippen molar-refractivity contribution in [3.8, 4) is 5.88 Å². The van der Waals surface area contributed by atoms with Crippen LogP contribution in [0.4, 0.5) is 33.7 Å². The molecular weight excluding hydrogens is 474 g/mol. The van der Waals surface area contributed by atoms with Crippen molar-refractivity contribution in [2.75, 3.05) is 37.5 Å². The van der Waals surface area contributed by atoms with E-state index in [4.69, 9.17) is 4.74 Å². The minimum atomic E-state index is -4.70. The highest BCUT2D eigenvalue weighted by Gasteiger charge is 2.36. The van der Waals surface area contributed by atoms with Gasteiger partial charge in [0.15, 0.2) is 5.65 Å². The molecule has 14 heteroatoms. The fourth-order valence-corrected chi connectivity index (χ4v) is 4.07. The lowest BCUT2D eigenvalue weighted by Gasteiger charge is -2.39. The maximum Gasteiger partial charge on any atom is 0.417 e. The van der Waals surface area contributed by atoms with Crippen LogP contribution in [-0.2, 0) is 13.2 Å². The van der Waals surface area contributed by atoms with E-state index in [9.17, 15) is 22.8 Å². The number of hydrogen-bond donors (Lipinski definition) is 2. The van der Waals surface area contributed by atoms with Gasteiger partial charge in [0.05, 0.1) is 42.5 Å². The first-order valence-electron chi connectivity index (χ1n) is 10.6. The lowest BCUT2D eigenvalue weighted by molar-refractivity contribution is -0.138. The predicted octanol–water partition coefficient (Wildman–Crippen LogP) is 2.76. The molecule has 1 fully saturated rings.